The number of anilines is 3. The Bertz CT molecular complexity index is 590. The molecule has 0 radical (unpaired) electrons. The molecular formula is C11H19N9. The molecule has 0 spiro atoms. The van der Waals surface area contributed by atoms with Crippen LogP contribution in [0.5, 0.6) is 0 Å². The number of hydrazine groups is 1. The number of nitrogen functional groups attached to an aromatic ring is 1. The van der Waals surface area contributed by atoms with Gasteiger partial charge in [0.1, 0.15) is 0 Å². The van der Waals surface area contributed by atoms with Crippen molar-refractivity contribution in [3.63, 3.8) is 0 Å². The molecule has 108 valence electrons. The lowest BCUT2D eigenvalue weighted by atomic mass is 10.3. The number of rotatable bonds is 5. The van der Waals surface area contributed by atoms with Gasteiger partial charge in [-0.1, -0.05) is 0 Å². The van der Waals surface area contributed by atoms with E-state index >= 15 is 0 Å². The SMILES string of the molecule is Cc1nn(C)cc1CNc1nc(NN)nc(N(C)C)n1. The smallest absolute Gasteiger partial charge is 0.243 e. The van der Waals surface area contributed by atoms with Gasteiger partial charge in [0.15, 0.2) is 0 Å². The minimum atomic E-state index is 0.314. The molecule has 20 heavy (non-hydrogen) atoms. The van der Waals surface area contributed by atoms with Crippen molar-refractivity contribution in [1.29, 1.82) is 0 Å². The summed E-state index contributed by atoms with van der Waals surface area (Å²) in [5.74, 6) is 6.66. The fourth-order valence-electron chi connectivity index (χ4n) is 1.70. The normalized spacial score (nSPS) is 10.4. The molecule has 0 aliphatic rings. The molecule has 0 saturated heterocycles. The number of aryl methyl sites for hydroxylation is 2. The van der Waals surface area contributed by atoms with Crippen LogP contribution in [-0.4, -0.2) is 38.8 Å². The third-order valence-electron chi connectivity index (χ3n) is 2.70. The Balaban J connectivity index is 2.16. The molecule has 0 aliphatic carbocycles. The summed E-state index contributed by atoms with van der Waals surface area (Å²) in [4.78, 5) is 14.4. The van der Waals surface area contributed by atoms with Crippen molar-refractivity contribution in [1.82, 2.24) is 24.7 Å². The van der Waals surface area contributed by atoms with Crippen LogP contribution in [0.25, 0.3) is 0 Å². The van der Waals surface area contributed by atoms with Crippen molar-refractivity contribution in [2.75, 3.05) is 29.7 Å². The molecule has 2 heterocycles. The monoisotopic (exact) mass is 277 g/mol. The summed E-state index contributed by atoms with van der Waals surface area (Å²) in [5, 5.41) is 7.43. The maximum absolute atomic E-state index is 5.36. The standard InChI is InChI=1S/C11H19N9/c1-7-8(6-20(4)18-7)5-13-9-14-10(17-12)16-11(15-9)19(2)3/h6H,5,12H2,1-4H3,(H2,13,14,15,16,17). The molecule has 9 nitrogen and oxygen atoms in total. The van der Waals surface area contributed by atoms with Crippen molar-refractivity contribution in [3.05, 3.63) is 17.5 Å². The topological polar surface area (TPSA) is 110 Å². The maximum atomic E-state index is 5.36. The highest BCUT2D eigenvalue weighted by molar-refractivity contribution is 5.42. The zero-order valence-corrected chi connectivity index (χ0v) is 12.0. The van der Waals surface area contributed by atoms with Crippen LogP contribution in [0.2, 0.25) is 0 Å². The van der Waals surface area contributed by atoms with E-state index < -0.39 is 0 Å². The van der Waals surface area contributed by atoms with Crippen molar-refractivity contribution < 1.29 is 0 Å². The van der Waals surface area contributed by atoms with Gasteiger partial charge in [0.25, 0.3) is 0 Å². The second-order valence-corrected chi connectivity index (χ2v) is 4.59. The average Bonchev–Trinajstić information content (AvgIpc) is 2.74. The van der Waals surface area contributed by atoms with E-state index in [1.807, 2.05) is 34.3 Å². The fraction of sp³-hybridized carbons (Fsp3) is 0.455. The molecule has 4 N–H and O–H groups in total. The summed E-state index contributed by atoms with van der Waals surface area (Å²) in [5.41, 5.74) is 4.49. The van der Waals surface area contributed by atoms with Crippen LogP contribution in [0.3, 0.4) is 0 Å². The molecule has 0 bridgehead atoms. The van der Waals surface area contributed by atoms with E-state index in [0.29, 0.717) is 24.4 Å². The summed E-state index contributed by atoms with van der Waals surface area (Å²) >= 11 is 0. The second kappa shape index (κ2) is 5.70. The van der Waals surface area contributed by atoms with Gasteiger partial charge in [-0.2, -0.15) is 20.1 Å². The Kier molecular flexibility index (Phi) is 3.99. The van der Waals surface area contributed by atoms with Crippen molar-refractivity contribution >= 4 is 17.8 Å². The molecule has 2 aromatic rings. The lowest BCUT2D eigenvalue weighted by Crippen LogP contribution is -2.19. The van der Waals surface area contributed by atoms with Gasteiger partial charge in [0, 0.05) is 39.4 Å². The molecule has 0 atom stereocenters. The Labute approximate surface area is 117 Å². The van der Waals surface area contributed by atoms with Crippen molar-refractivity contribution in [2.24, 2.45) is 12.9 Å². The van der Waals surface area contributed by atoms with Gasteiger partial charge >= 0.3 is 0 Å². The maximum Gasteiger partial charge on any atom is 0.243 e. The largest absolute Gasteiger partial charge is 0.350 e. The van der Waals surface area contributed by atoms with Crippen LogP contribution in [-0.2, 0) is 13.6 Å². The first-order valence-electron chi connectivity index (χ1n) is 6.12. The first-order valence-corrected chi connectivity index (χ1v) is 6.12. The lowest BCUT2D eigenvalue weighted by Gasteiger charge is -2.13. The van der Waals surface area contributed by atoms with Crippen LogP contribution in [0, 0.1) is 6.92 Å². The van der Waals surface area contributed by atoms with E-state index in [9.17, 15) is 0 Å². The highest BCUT2D eigenvalue weighted by Gasteiger charge is 2.08. The van der Waals surface area contributed by atoms with Gasteiger partial charge in [0.2, 0.25) is 17.8 Å². The first-order chi connectivity index (χ1) is 9.49. The molecule has 0 saturated carbocycles. The number of hydrogen-bond acceptors (Lipinski definition) is 8. The van der Waals surface area contributed by atoms with E-state index in [1.165, 1.54) is 0 Å². The van der Waals surface area contributed by atoms with Crippen LogP contribution in [0.4, 0.5) is 17.8 Å². The van der Waals surface area contributed by atoms with Gasteiger partial charge in [-0.05, 0) is 6.92 Å². The van der Waals surface area contributed by atoms with Crippen molar-refractivity contribution in [2.45, 2.75) is 13.5 Å². The molecule has 0 amide bonds. The molecule has 9 heteroatoms. The van der Waals surface area contributed by atoms with Gasteiger partial charge in [-0.3, -0.25) is 10.1 Å². The Morgan fingerprint density at radius 2 is 1.95 bits per heavy atom. The molecular weight excluding hydrogens is 258 g/mol. The van der Waals surface area contributed by atoms with Crippen LogP contribution < -0.4 is 21.5 Å². The summed E-state index contributed by atoms with van der Waals surface area (Å²) in [6, 6.07) is 0. The minimum absolute atomic E-state index is 0.314. The molecule has 2 aromatic heterocycles. The van der Waals surface area contributed by atoms with E-state index in [-0.39, 0.29) is 0 Å². The molecule has 0 aliphatic heterocycles. The minimum Gasteiger partial charge on any atom is -0.350 e. The van der Waals surface area contributed by atoms with Gasteiger partial charge < -0.3 is 10.2 Å². The Morgan fingerprint density at radius 3 is 2.50 bits per heavy atom. The summed E-state index contributed by atoms with van der Waals surface area (Å²) in [6.45, 7) is 2.54. The molecule has 2 rings (SSSR count). The zero-order chi connectivity index (χ0) is 14.7. The summed E-state index contributed by atoms with van der Waals surface area (Å²) < 4.78 is 1.78. The van der Waals surface area contributed by atoms with E-state index in [2.05, 4.69) is 30.8 Å². The highest BCUT2D eigenvalue weighted by Crippen LogP contribution is 2.12. The number of nitrogens with one attached hydrogen (secondary N) is 2. The van der Waals surface area contributed by atoms with E-state index in [0.717, 1.165) is 11.3 Å². The second-order valence-electron chi connectivity index (χ2n) is 4.59. The predicted octanol–water partition coefficient (Wildman–Crippen LogP) is -0.123. The van der Waals surface area contributed by atoms with Crippen LogP contribution >= 0.6 is 0 Å². The number of nitrogens with zero attached hydrogens (tertiary/aromatic N) is 6. The summed E-state index contributed by atoms with van der Waals surface area (Å²) in [6.07, 6.45) is 1.96. The number of hydrogen-bond donors (Lipinski definition) is 3. The molecule has 0 unspecified atom stereocenters. The van der Waals surface area contributed by atoms with Crippen LogP contribution in [0.1, 0.15) is 11.3 Å². The molecule has 0 aromatic carbocycles. The van der Waals surface area contributed by atoms with Gasteiger partial charge in [-0.25, -0.2) is 5.84 Å². The Morgan fingerprint density at radius 1 is 1.25 bits per heavy atom. The van der Waals surface area contributed by atoms with E-state index in [4.69, 9.17) is 5.84 Å². The predicted molar refractivity (Wildman–Crippen MR) is 77.2 cm³/mol. The quantitative estimate of drug-likeness (QED) is 0.512. The van der Waals surface area contributed by atoms with Crippen molar-refractivity contribution in [3.8, 4) is 0 Å². The third-order valence-corrected chi connectivity index (χ3v) is 2.70. The highest BCUT2D eigenvalue weighted by atomic mass is 15.4. The number of aromatic nitrogens is 5. The van der Waals surface area contributed by atoms with Crippen LogP contribution in [0.15, 0.2) is 6.20 Å². The van der Waals surface area contributed by atoms with E-state index in [1.54, 1.807) is 9.58 Å². The summed E-state index contributed by atoms with van der Waals surface area (Å²) in [7, 11) is 5.59. The zero-order valence-electron chi connectivity index (χ0n) is 12.0. The van der Waals surface area contributed by atoms with Gasteiger partial charge in [-0.15, -0.1) is 0 Å². The van der Waals surface area contributed by atoms with Gasteiger partial charge in [0.05, 0.1) is 5.69 Å². The number of nitrogens with two attached hydrogens (primary N) is 1. The third kappa shape index (κ3) is 3.12. The fourth-order valence-corrected chi connectivity index (χ4v) is 1.70. The lowest BCUT2D eigenvalue weighted by molar-refractivity contribution is 0.756. The first kappa shape index (κ1) is 14.0. The Hall–Kier alpha value is -2.42. The average molecular weight is 277 g/mol. The molecule has 0 fully saturated rings.